The van der Waals surface area contributed by atoms with Gasteiger partial charge in [0, 0.05) is 28.8 Å². The topological polar surface area (TPSA) is 145 Å². The number of rotatable bonds is 5. The highest BCUT2D eigenvalue weighted by atomic mass is 35.5. The van der Waals surface area contributed by atoms with Crippen LogP contribution in [-0.2, 0) is 11.2 Å². The number of fused-ring (bicyclic) bond motifs is 1. The lowest BCUT2D eigenvalue weighted by Crippen LogP contribution is -2.38. The molecule has 0 saturated heterocycles. The zero-order chi connectivity index (χ0) is 24.5. The molecule has 1 amide bonds. The lowest BCUT2D eigenvalue weighted by Gasteiger charge is -2.26. The second-order valence-electron chi connectivity index (χ2n) is 7.96. The van der Waals surface area contributed by atoms with Gasteiger partial charge < -0.3 is 10.4 Å². The predicted molar refractivity (Wildman–Crippen MR) is 126 cm³/mol. The number of halogens is 1. The van der Waals surface area contributed by atoms with Crippen molar-refractivity contribution in [3.63, 3.8) is 0 Å². The number of tetrazole rings is 1. The van der Waals surface area contributed by atoms with Crippen LogP contribution < -0.4 is 10.9 Å². The molecule has 0 spiro atoms. The molecule has 2 aromatic heterocycles. The number of carboxylic acids is 1. The van der Waals surface area contributed by atoms with Gasteiger partial charge in [-0.05, 0) is 65.7 Å². The normalized spacial score (nSPS) is 14.8. The van der Waals surface area contributed by atoms with E-state index in [2.05, 4.69) is 20.8 Å². The van der Waals surface area contributed by atoms with Crippen molar-refractivity contribution in [1.29, 1.82) is 0 Å². The van der Waals surface area contributed by atoms with Gasteiger partial charge in [-0.1, -0.05) is 11.6 Å². The van der Waals surface area contributed by atoms with Crippen molar-refractivity contribution < 1.29 is 14.7 Å². The van der Waals surface area contributed by atoms with Crippen molar-refractivity contribution in [2.75, 3.05) is 5.32 Å². The van der Waals surface area contributed by atoms with Crippen LogP contribution in [-0.4, -0.2) is 46.7 Å². The Kier molecular flexibility index (Phi) is 5.83. The zero-order valence-corrected chi connectivity index (χ0v) is 18.9. The van der Waals surface area contributed by atoms with Crippen molar-refractivity contribution in [3.05, 3.63) is 81.6 Å². The quantitative estimate of drug-likeness (QED) is 0.433. The molecular formula is C23H18ClN7O4. The van der Waals surface area contributed by atoms with Crippen molar-refractivity contribution in [1.82, 2.24) is 29.8 Å². The van der Waals surface area contributed by atoms with Crippen LogP contribution in [0.15, 0.2) is 59.7 Å². The summed E-state index contributed by atoms with van der Waals surface area (Å²) in [6.07, 6.45) is 3.10. The molecule has 2 N–H and O–H groups in total. The molecule has 3 heterocycles. The average Bonchev–Trinajstić information content (AvgIpc) is 3.38. The van der Waals surface area contributed by atoms with Crippen LogP contribution in [0.3, 0.4) is 0 Å². The highest BCUT2D eigenvalue weighted by molar-refractivity contribution is 6.31. The number of aryl methyl sites for hydroxylation is 1. The summed E-state index contributed by atoms with van der Waals surface area (Å²) in [6, 6.07) is 11.6. The number of anilines is 1. The third-order valence-corrected chi connectivity index (χ3v) is 5.98. The van der Waals surface area contributed by atoms with Gasteiger partial charge in [-0.2, -0.15) is 4.68 Å². The minimum atomic E-state index is -1.06. The van der Waals surface area contributed by atoms with E-state index in [4.69, 9.17) is 21.7 Å². The standard InChI is InChI=1S/C23H18ClN7O4/c24-14-6-9-18(30-12-25-28-29-30)16(10-14)17-11-21(32)31-19(2-1-3-20(31)27-17)22(33)26-15-7-4-13(5-8-15)23(34)35/h4-12,19H,1-3H2,(H,26,33)(H,34,35). The molecule has 1 aliphatic heterocycles. The monoisotopic (exact) mass is 491 g/mol. The number of hydrogen-bond donors (Lipinski definition) is 2. The van der Waals surface area contributed by atoms with E-state index in [1.807, 2.05) is 0 Å². The second kappa shape index (κ2) is 9.11. The molecule has 35 heavy (non-hydrogen) atoms. The van der Waals surface area contributed by atoms with Crippen LogP contribution in [0.5, 0.6) is 0 Å². The first kappa shape index (κ1) is 22.4. The fourth-order valence-electron chi connectivity index (χ4n) is 4.12. The zero-order valence-electron chi connectivity index (χ0n) is 18.1. The van der Waals surface area contributed by atoms with Crippen molar-refractivity contribution >= 4 is 29.2 Å². The minimum Gasteiger partial charge on any atom is -0.478 e. The number of aromatic carboxylic acids is 1. The SMILES string of the molecule is O=C(O)c1ccc(NC(=O)C2CCCc3nc(-c4cc(Cl)ccc4-n4cnnn4)cc(=O)n32)cc1. The fraction of sp³-hybridized carbons (Fsp3) is 0.174. The maximum Gasteiger partial charge on any atom is 0.335 e. The van der Waals surface area contributed by atoms with Gasteiger partial charge in [-0.25, -0.2) is 9.78 Å². The molecule has 0 radical (unpaired) electrons. The van der Waals surface area contributed by atoms with Crippen LogP contribution in [0, 0.1) is 0 Å². The van der Waals surface area contributed by atoms with Crippen LogP contribution in [0.25, 0.3) is 16.9 Å². The first-order chi connectivity index (χ1) is 16.9. The van der Waals surface area contributed by atoms with Gasteiger partial charge in [-0.15, -0.1) is 5.10 Å². The molecule has 1 unspecified atom stereocenters. The molecule has 12 heteroatoms. The molecule has 0 aliphatic carbocycles. The van der Waals surface area contributed by atoms with Gasteiger partial charge in [0.1, 0.15) is 18.2 Å². The van der Waals surface area contributed by atoms with Gasteiger partial charge in [0.05, 0.1) is 16.9 Å². The number of benzene rings is 2. The molecular weight excluding hydrogens is 474 g/mol. The summed E-state index contributed by atoms with van der Waals surface area (Å²) < 4.78 is 2.87. The van der Waals surface area contributed by atoms with Crippen LogP contribution in [0.2, 0.25) is 5.02 Å². The predicted octanol–water partition coefficient (Wildman–Crippen LogP) is 2.75. The molecule has 176 valence electrons. The molecule has 0 fully saturated rings. The first-order valence-corrected chi connectivity index (χ1v) is 11.1. The minimum absolute atomic E-state index is 0.112. The average molecular weight is 492 g/mol. The maximum atomic E-state index is 13.2. The highest BCUT2D eigenvalue weighted by Gasteiger charge is 2.29. The van der Waals surface area contributed by atoms with E-state index in [0.717, 1.165) is 0 Å². The van der Waals surface area contributed by atoms with Crippen molar-refractivity contribution in [2.45, 2.75) is 25.3 Å². The molecule has 5 rings (SSSR count). The van der Waals surface area contributed by atoms with Gasteiger partial charge in [0.2, 0.25) is 5.91 Å². The maximum absolute atomic E-state index is 13.2. The van der Waals surface area contributed by atoms with E-state index in [0.29, 0.717) is 52.7 Å². The number of nitrogens with zero attached hydrogens (tertiary/aromatic N) is 6. The van der Waals surface area contributed by atoms with Gasteiger partial charge >= 0.3 is 5.97 Å². The Morgan fingerprint density at radius 2 is 1.91 bits per heavy atom. The Hall–Kier alpha value is -4.38. The summed E-state index contributed by atoms with van der Waals surface area (Å²) in [6.45, 7) is 0. The Morgan fingerprint density at radius 1 is 1.11 bits per heavy atom. The number of amides is 1. The fourth-order valence-corrected chi connectivity index (χ4v) is 4.30. The van der Waals surface area contributed by atoms with Crippen LogP contribution >= 0.6 is 11.6 Å². The summed E-state index contributed by atoms with van der Waals surface area (Å²) in [5.41, 5.74) is 1.77. The molecule has 11 nitrogen and oxygen atoms in total. The molecule has 2 aromatic carbocycles. The molecule has 1 atom stereocenters. The number of carbonyl (C=O) groups excluding carboxylic acids is 1. The van der Waals surface area contributed by atoms with E-state index in [-0.39, 0.29) is 17.0 Å². The number of carboxylic acid groups (broad SMARTS) is 1. The summed E-state index contributed by atoms with van der Waals surface area (Å²) in [5.74, 6) is -0.939. The Balaban J connectivity index is 1.49. The van der Waals surface area contributed by atoms with Gasteiger partial charge in [0.15, 0.2) is 0 Å². The van der Waals surface area contributed by atoms with Crippen molar-refractivity contribution in [3.8, 4) is 16.9 Å². The number of hydrogen-bond acceptors (Lipinski definition) is 7. The number of nitrogens with one attached hydrogen (secondary N) is 1. The Labute approximate surface area is 203 Å². The molecule has 1 aliphatic rings. The van der Waals surface area contributed by atoms with E-state index in [1.54, 1.807) is 18.2 Å². The van der Waals surface area contributed by atoms with Crippen LogP contribution in [0.1, 0.15) is 35.1 Å². The Bertz CT molecular complexity index is 1480. The van der Waals surface area contributed by atoms with Crippen LogP contribution in [0.4, 0.5) is 5.69 Å². The van der Waals surface area contributed by atoms with E-state index in [1.165, 1.54) is 45.9 Å². The highest BCUT2D eigenvalue weighted by Crippen LogP contribution is 2.30. The summed E-state index contributed by atoms with van der Waals surface area (Å²) in [4.78, 5) is 42.0. The lowest BCUT2D eigenvalue weighted by atomic mass is 10.0. The first-order valence-electron chi connectivity index (χ1n) is 10.7. The molecule has 0 bridgehead atoms. The third-order valence-electron chi connectivity index (χ3n) is 5.75. The van der Waals surface area contributed by atoms with Gasteiger partial charge in [0.25, 0.3) is 5.56 Å². The van der Waals surface area contributed by atoms with E-state index in [9.17, 15) is 14.4 Å². The summed E-state index contributed by atoms with van der Waals surface area (Å²) >= 11 is 6.22. The van der Waals surface area contributed by atoms with E-state index >= 15 is 0 Å². The summed E-state index contributed by atoms with van der Waals surface area (Å²) in [5, 5.41) is 23.5. The summed E-state index contributed by atoms with van der Waals surface area (Å²) in [7, 11) is 0. The third kappa shape index (κ3) is 4.41. The van der Waals surface area contributed by atoms with Gasteiger partial charge in [-0.3, -0.25) is 14.2 Å². The Morgan fingerprint density at radius 3 is 2.63 bits per heavy atom. The molecule has 0 saturated carbocycles. The van der Waals surface area contributed by atoms with Crippen molar-refractivity contribution in [2.24, 2.45) is 0 Å². The lowest BCUT2D eigenvalue weighted by molar-refractivity contribution is -0.119. The molecule has 4 aromatic rings. The smallest absolute Gasteiger partial charge is 0.335 e. The second-order valence-corrected chi connectivity index (χ2v) is 8.40. The largest absolute Gasteiger partial charge is 0.478 e. The number of carbonyl (C=O) groups is 2. The van der Waals surface area contributed by atoms with E-state index < -0.39 is 12.0 Å². The number of aromatic nitrogens is 6.